The SMILES string of the molecule is CCOC(C)(C)c1nc(NC)c(I)c(-c2ccccc2)n1. The number of benzene rings is 1. The predicted molar refractivity (Wildman–Crippen MR) is 94.4 cm³/mol. The summed E-state index contributed by atoms with van der Waals surface area (Å²) in [6.45, 7) is 6.59. The van der Waals surface area contributed by atoms with E-state index in [-0.39, 0.29) is 0 Å². The molecule has 0 atom stereocenters. The van der Waals surface area contributed by atoms with E-state index >= 15 is 0 Å². The molecular formula is C16H20IN3O. The Bertz CT molecular complexity index is 614. The Morgan fingerprint density at radius 1 is 1.19 bits per heavy atom. The number of halogens is 1. The van der Waals surface area contributed by atoms with Crippen molar-refractivity contribution in [1.29, 1.82) is 0 Å². The van der Waals surface area contributed by atoms with Crippen LogP contribution >= 0.6 is 22.6 Å². The highest BCUT2D eigenvalue weighted by atomic mass is 127. The van der Waals surface area contributed by atoms with Gasteiger partial charge in [-0.2, -0.15) is 0 Å². The molecule has 0 bridgehead atoms. The van der Waals surface area contributed by atoms with Gasteiger partial charge in [0, 0.05) is 19.2 Å². The lowest BCUT2D eigenvalue weighted by Crippen LogP contribution is -2.25. The third-order valence-corrected chi connectivity index (χ3v) is 4.20. The first-order valence-corrected chi connectivity index (χ1v) is 8.02. The van der Waals surface area contributed by atoms with Gasteiger partial charge in [0.2, 0.25) is 0 Å². The molecule has 5 heteroatoms. The van der Waals surface area contributed by atoms with Crippen LogP contribution in [-0.2, 0) is 10.3 Å². The van der Waals surface area contributed by atoms with Crippen LogP contribution in [0.1, 0.15) is 26.6 Å². The Labute approximate surface area is 139 Å². The molecule has 0 aliphatic carbocycles. The lowest BCUT2D eigenvalue weighted by Gasteiger charge is -2.24. The molecule has 0 fully saturated rings. The van der Waals surface area contributed by atoms with Crippen LogP contribution in [0.2, 0.25) is 0 Å². The van der Waals surface area contributed by atoms with E-state index in [9.17, 15) is 0 Å². The first-order valence-electron chi connectivity index (χ1n) is 6.94. The molecule has 112 valence electrons. The van der Waals surface area contributed by atoms with Crippen molar-refractivity contribution in [2.75, 3.05) is 19.0 Å². The normalized spacial score (nSPS) is 11.5. The molecule has 0 saturated carbocycles. The fraction of sp³-hybridized carbons (Fsp3) is 0.375. The number of ether oxygens (including phenoxy) is 1. The topological polar surface area (TPSA) is 47.0 Å². The molecule has 0 unspecified atom stereocenters. The highest BCUT2D eigenvalue weighted by Gasteiger charge is 2.27. The van der Waals surface area contributed by atoms with Crippen molar-refractivity contribution in [3.8, 4) is 11.3 Å². The maximum absolute atomic E-state index is 5.79. The minimum absolute atomic E-state index is 0.520. The molecule has 1 aromatic carbocycles. The summed E-state index contributed by atoms with van der Waals surface area (Å²) in [5, 5.41) is 3.15. The van der Waals surface area contributed by atoms with Gasteiger partial charge in [0.25, 0.3) is 0 Å². The van der Waals surface area contributed by atoms with Crippen molar-refractivity contribution in [3.63, 3.8) is 0 Å². The molecule has 0 radical (unpaired) electrons. The summed E-state index contributed by atoms with van der Waals surface area (Å²) in [4.78, 5) is 9.37. The van der Waals surface area contributed by atoms with Crippen LogP contribution in [0.3, 0.4) is 0 Å². The van der Waals surface area contributed by atoms with Crippen LogP contribution in [0.15, 0.2) is 30.3 Å². The van der Waals surface area contributed by atoms with Gasteiger partial charge in [-0.3, -0.25) is 0 Å². The van der Waals surface area contributed by atoms with Crippen LogP contribution in [0.4, 0.5) is 5.82 Å². The summed E-state index contributed by atoms with van der Waals surface area (Å²) in [6, 6.07) is 10.1. The lowest BCUT2D eigenvalue weighted by atomic mass is 10.1. The van der Waals surface area contributed by atoms with Crippen molar-refractivity contribution < 1.29 is 4.74 Å². The number of nitrogens with one attached hydrogen (secondary N) is 1. The Kier molecular flexibility index (Phi) is 5.16. The number of hydrogen-bond donors (Lipinski definition) is 1. The first kappa shape index (κ1) is 16.2. The maximum atomic E-state index is 5.79. The molecule has 2 rings (SSSR count). The molecular weight excluding hydrogens is 377 g/mol. The molecule has 0 saturated heterocycles. The third kappa shape index (κ3) is 3.52. The van der Waals surface area contributed by atoms with Crippen molar-refractivity contribution in [2.24, 2.45) is 0 Å². The van der Waals surface area contributed by atoms with Gasteiger partial charge in [0.05, 0.1) is 9.26 Å². The van der Waals surface area contributed by atoms with E-state index in [1.165, 1.54) is 0 Å². The quantitative estimate of drug-likeness (QED) is 0.774. The van der Waals surface area contributed by atoms with Crippen molar-refractivity contribution >= 4 is 28.4 Å². The fourth-order valence-corrected chi connectivity index (χ4v) is 2.92. The largest absolute Gasteiger partial charge is 0.372 e. The second-order valence-electron chi connectivity index (χ2n) is 5.12. The number of nitrogens with zero attached hydrogens (tertiary/aromatic N) is 2. The van der Waals surface area contributed by atoms with E-state index in [4.69, 9.17) is 9.72 Å². The third-order valence-electron chi connectivity index (χ3n) is 3.18. The van der Waals surface area contributed by atoms with Gasteiger partial charge in [0.1, 0.15) is 11.4 Å². The molecule has 1 heterocycles. The zero-order valence-electron chi connectivity index (χ0n) is 12.8. The average molecular weight is 397 g/mol. The Morgan fingerprint density at radius 3 is 2.43 bits per heavy atom. The van der Waals surface area contributed by atoms with E-state index in [1.54, 1.807) is 0 Å². The number of rotatable bonds is 5. The number of anilines is 1. The van der Waals surface area contributed by atoms with E-state index in [0.29, 0.717) is 12.4 Å². The van der Waals surface area contributed by atoms with Gasteiger partial charge in [-0.25, -0.2) is 9.97 Å². The van der Waals surface area contributed by atoms with Crippen molar-refractivity contribution in [1.82, 2.24) is 9.97 Å². The molecule has 0 aliphatic heterocycles. The Hall–Kier alpha value is -1.21. The van der Waals surface area contributed by atoms with Crippen molar-refractivity contribution in [3.05, 3.63) is 39.7 Å². The highest BCUT2D eigenvalue weighted by molar-refractivity contribution is 14.1. The standard InChI is InChI=1S/C16H20IN3O/c1-5-21-16(2,3)15-19-13(11-9-7-6-8-10-11)12(17)14(18-4)20-15/h6-10H,5H2,1-4H3,(H,18,19,20). The number of hydrogen-bond acceptors (Lipinski definition) is 4. The maximum Gasteiger partial charge on any atom is 0.162 e. The number of aromatic nitrogens is 2. The summed E-state index contributed by atoms with van der Waals surface area (Å²) in [6.07, 6.45) is 0. The monoisotopic (exact) mass is 397 g/mol. The van der Waals surface area contributed by atoms with Crippen molar-refractivity contribution in [2.45, 2.75) is 26.4 Å². The van der Waals surface area contributed by atoms with E-state index in [0.717, 1.165) is 20.6 Å². The predicted octanol–water partition coefficient (Wildman–Crippen LogP) is 4.06. The van der Waals surface area contributed by atoms with E-state index < -0.39 is 5.60 Å². The smallest absolute Gasteiger partial charge is 0.162 e. The molecule has 4 nitrogen and oxygen atoms in total. The van der Waals surface area contributed by atoms with Gasteiger partial charge in [-0.1, -0.05) is 30.3 Å². The molecule has 1 N–H and O–H groups in total. The Balaban J connectivity index is 2.60. The lowest BCUT2D eigenvalue weighted by molar-refractivity contribution is -0.0206. The summed E-state index contributed by atoms with van der Waals surface area (Å²) in [5.41, 5.74) is 1.49. The van der Waals surface area contributed by atoms with Gasteiger partial charge in [-0.05, 0) is 43.4 Å². The molecule has 0 spiro atoms. The second kappa shape index (κ2) is 6.70. The minimum Gasteiger partial charge on any atom is -0.372 e. The average Bonchev–Trinajstić information content (AvgIpc) is 2.48. The van der Waals surface area contributed by atoms with Gasteiger partial charge >= 0.3 is 0 Å². The van der Waals surface area contributed by atoms with Crippen LogP contribution in [0.5, 0.6) is 0 Å². The van der Waals surface area contributed by atoms with Gasteiger partial charge in [0.15, 0.2) is 5.82 Å². The summed E-state index contributed by atoms with van der Waals surface area (Å²) in [5.74, 6) is 1.51. The van der Waals surface area contributed by atoms with Crippen LogP contribution < -0.4 is 5.32 Å². The molecule has 0 aliphatic rings. The minimum atomic E-state index is -0.520. The van der Waals surface area contributed by atoms with Gasteiger partial charge in [-0.15, -0.1) is 0 Å². The second-order valence-corrected chi connectivity index (χ2v) is 6.20. The summed E-state index contributed by atoms with van der Waals surface area (Å²) < 4.78 is 6.80. The summed E-state index contributed by atoms with van der Waals surface area (Å²) >= 11 is 2.28. The molecule has 0 amide bonds. The van der Waals surface area contributed by atoms with Gasteiger partial charge < -0.3 is 10.1 Å². The van der Waals surface area contributed by atoms with Crippen LogP contribution in [0.25, 0.3) is 11.3 Å². The molecule has 2 aromatic rings. The highest BCUT2D eigenvalue weighted by Crippen LogP contribution is 2.31. The molecule has 21 heavy (non-hydrogen) atoms. The zero-order valence-corrected chi connectivity index (χ0v) is 14.9. The zero-order chi connectivity index (χ0) is 15.5. The van der Waals surface area contributed by atoms with E-state index in [1.807, 2.05) is 46.0 Å². The Morgan fingerprint density at radius 2 is 1.86 bits per heavy atom. The first-order chi connectivity index (χ1) is 9.99. The van der Waals surface area contributed by atoms with Crippen LogP contribution in [0, 0.1) is 3.57 Å². The fourth-order valence-electron chi connectivity index (χ4n) is 2.09. The van der Waals surface area contributed by atoms with E-state index in [2.05, 4.69) is 45.0 Å². The molecule has 1 aromatic heterocycles. The van der Waals surface area contributed by atoms with Crippen LogP contribution in [-0.4, -0.2) is 23.6 Å². The summed E-state index contributed by atoms with van der Waals surface area (Å²) in [7, 11) is 1.87.